The van der Waals surface area contributed by atoms with Crippen molar-refractivity contribution in [2.45, 2.75) is 16.5 Å². The molecule has 98 valence electrons. The first-order valence-corrected chi connectivity index (χ1v) is 9.21. The summed E-state index contributed by atoms with van der Waals surface area (Å²) in [6, 6.07) is 0. The van der Waals surface area contributed by atoms with Crippen LogP contribution in [0.15, 0.2) is 0 Å². The molecule has 0 unspecified atom stereocenters. The summed E-state index contributed by atoms with van der Waals surface area (Å²) < 4.78 is -6.13. The van der Waals surface area contributed by atoms with Crippen LogP contribution in [0.2, 0.25) is 0 Å². The van der Waals surface area contributed by atoms with Crippen molar-refractivity contribution in [2.75, 3.05) is 13.3 Å². The van der Waals surface area contributed by atoms with Gasteiger partial charge in [0.25, 0.3) is 0 Å². The number of hydrogen-bond acceptors (Lipinski definition) is 0. The Kier molecular flexibility index (Phi) is 6.91. The summed E-state index contributed by atoms with van der Waals surface area (Å²) in [6.45, 7) is 3.39. The van der Waals surface area contributed by atoms with Gasteiger partial charge in [-0.05, 0) is 13.3 Å². The van der Waals surface area contributed by atoms with Crippen molar-refractivity contribution in [3.8, 4) is 0 Å². The summed E-state index contributed by atoms with van der Waals surface area (Å²) in [5.41, 5.74) is 0. The van der Waals surface area contributed by atoms with E-state index in [2.05, 4.69) is 0 Å². The van der Waals surface area contributed by atoms with Crippen LogP contribution in [0.1, 0.15) is 0 Å². The van der Waals surface area contributed by atoms with E-state index in [-0.39, 0.29) is 0 Å². The smallest absolute Gasteiger partial charge is 0.0930 e. The minimum absolute atomic E-state index is 1.20. The van der Waals surface area contributed by atoms with Crippen molar-refractivity contribution in [1.82, 2.24) is 0 Å². The van der Waals surface area contributed by atoms with Crippen LogP contribution < -0.4 is 0 Å². The Balaban J connectivity index is 6.05. The van der Waals surface area contributed by atoms with E-state index in [0.29, 0.717) is 0 Å². The standard InChI is InChI=1S/C6H6Cl9P/c1-16(2)3(4(7,8)9,5(10,11)12)6(13,14)15/h1-2H3. The van der Waals surface area contributed by atoms with Crippen molar-refractivity contribution in [1.29, 1.82) is 0 Å². The quantitative estimate of drug-likeness (QED) is 0.327. The maximum Gasteiger partial charge on any atom is 0.208 e. The molecular formula is C6H6Cl9P. The first-order chi connectivity index (χ1) is 6.69. The molecule has 0 nitrogen and oxygen atoms in total. The van der Waals surface area contributed by atoms with Gasteiger partial charge in [-0.3, -0.25) is 0 Å². The zero-order chi connectivity index (χ0) is 13.6. The van der Waals surface area contributed by atoms with Crippen molar-refractivity contribution in [2.24, 2.45) is 0 Å². The lowest BCUT2D eigenvalue weighted by Gasteiger charge is -2.51. The van der Waals surface area contributed by atoms with Gasteiger partial charge in [0.2, 0.25) is 11.4 Å². The van der Waals surface area contributed by atoms with Crippen molar-refractivity contribution < 1.29 is 0 Å². The van der Waals surface area contributed by atoms with E-state index in [1.165, 1.54) is 0 Å². The summed E-state index contributed by atoms with van der Waals surface area (Å²) in [6.07, 6.45) is 0. The first kappa shape index (κ1) is 19.0. The van der Waals surface area contributed by atoms with Gasteiger partial charge in [0.15, 0.2) is 0 Å². The molecule has 10 heteroatoms. The zero-order valence-electron chi connectivity index (χ0n) is 7.85. The first-order valence-electron chi connectivity index (χ1n) is 3.57. The maximum absolute atomic E-state index is 5.86. The molecule has 16 heavy (non-hydrogen) atoms. The van der Waals surface area contributed by atoms with Crippen LogP contribution in [0.25, 0.3) is 0 Å². The topological polar surface area (TPSA) is 0 Å². The molecule has 0 N–H and O–H groups in total. The molecule has 0 aromatic rings. The van der Waals surface area contributed by atoms with Gasteiger partial charge in [-0.1, -0.05) is 112 Å². The molecule has 0 radical (unpaired) electrons. The molecule has 0 aliphatic rings. The van der Waals surface area contributed by atoms with Crippen molar-refractivity contribution >= 4 is 112 Å². The Hall–Kier alpha value is 3.04. The zero-order valence-corrected chi connectivity index (χ0v) is 15.5. The Morgan fingerprint density at radius 1 is 0.562 bits per heavy atom. The summed E-state index contributed by atoms with van der Waals surface area (Å²) in [5, 5.41) is -1.73. The maximum atomic E-state index is 5.86. The molecule has 0 amide bonds. The molecule has 0 spiro atoms. The largest absolute Gasteiger partial charge is 0.208 e. The fraction of sp³-hybridized carbons (Fsp3) is 1.00. The molecule has 0 bridgehead atoms. The third-order valence-corrected chi connectivity index (χ3v) is 7.99. The predicted molar refractivity (Wildman–Crippen MR) is 82.4 cm³/mol. The SMILES string of the molecule is CP(C)C(C(Cl)(Cl)Cl)(C(Cl)(Cl)Cl)C(Cl)(Cl)Cl. The second-order valence-electron chi connectivity index (χ2n) is 3.10. The Morgan fingerprint density at radius 3 is 0.750 bits per heavy atom. The summed E-state index contributed by atoms with van der Waals surface area (Å²) in [4.78, 5) is 0. The number of hydrogen-bond donors (Lipinski definition) is 0. The lowest BCUT2D eigenvalue weighted by molar-refractivity contribution is 0.611. The Labute approximate surface area is 141 Å². The highest BCUT2D eigenvalue weighted by Crippen LogP contribution is 2.73. The molecular weight excluding hydrogens is 422 g/mol. The van der Waals surface area contributed by atoms with Crippen LogP contribution in [0.4, 0.5) is 0 Å². The Bertz CT molecular complexity index is 208. The molecule has 0 aromatic carbocycles. The van der Waals surface area contributed by atoms with Crippen molar-refractivity contribution in [3.05, 3.63) is 0 Å². The third-order valence-electron chi connectivity index (χ3n) is 1.90. The monoisotopic (exact) mass is 424 g/mol. The van der Waals surface area contributed by atoms with Gasteiger partial charge < -0.3 is 0 Å². The van der Waals surface area contributed by atoms with E-state index >= 15 is 0 Å². The van der Waals surface area contributed by atoms with E-state index in [9.17, 15) is 0 Å². The molecule has 0 rings (SSSR count). The van der Waals surface area contributed by atoms with Crippen LogP contribution in [-0.2, 0) is 0 Å². The van der Waals surface area contributed by atoms with Gasteiger partial charge in [-0.2, -0.15) is 0 Å². The van der Waals surface area contributed by atoms with Crippen LogP contribution in [0, 0.1) is 0 Å². The van der Waals surface area contributed by atoms with E-state index in [1.54, 1.807) is 13.3 Å². The molecule has 0 heterocycles. The highest BCUT2D eigenvalue weighted by atomic mass is 35.6. The van der Waals surface area contributed by atoms with Gasteiger partial charge in [0.1, 0.15) is 5.16 Å². The van der Waals surface area contributed by atoms with Crippen molar-refractivity contribution in [3.63, 3.8) is 0 Å². The molecule has 0 aliphatic heterocycles. The summed E-state index contributed by atoms with van der Waals surface area (Å²) in [5.74, 6) is 0. The van der Waals surface area contributed by atoms with Crippen LogP contribution in [0.3, 0.4) is 0 Å². The number of alkyl halides is 9. The lowest BCUT2D eigenvalue weighted by atomic mass is 10.2. The van der Waals surface area contributed by atoms with Gasteiger partial charge in [-0.15, -0.1) is 0 Å². The van der Waals surface area contributed by atoms with Gasteiger partial charge in [-0.25, -0.2) is 0 Å². The molecule has 0 aromatic heterocycles. The fourth-order valence-electron chi connectivity index (χ4n) is 1.24. The van der Waals surface area contributed by atoms with E-state index in [1.807, 2.05) is 0 Å². The normalized spacial score (nSPS) is 15.8. The minimum atomic E-state index is -2.04. The van der Waals surface area contributed by atoms with Gasteiger partial charge >= 0.3 is 0 Å². The average Bonchev–Trinajstić information content (AvgIpc) is 1.71. The van der Waals surface area contributed by atoms with Crippen LogP contribution in [-0.4, -0.2) is 29.9 Å². The van der Waals surface area contributed by atoms with E-state index < -0.39 is 24.5 Å². The van der Waals surface area contributed by atoms with E-state index in [4.69, 9.17) is 104 Å². The highest BCUT2D eigenvalue weighted by Gasteiger charge is 2.72. The Morgan fingerprint density at radius 2 is 0.750 bits per heavy atom. The molecule has 0 atom stereocenters. The molecule has 0 saturated heterocycles. The van der Waals surface area contributed by atoms with E-state index in [0.717, 1.165) is 0 Å². The fourth-order valence-corrected chi connectivity index (χ4v) is 11.2. The predicted octanol–water partition coefficient (Wildman–Crippen LogP) is 6.58. The minimum Gasteiger partial charge on any atom is -0.0930 e. The molecule has 0 fully saturated rings. The second kappa shape index (κ2) is 5.80. The summed E-state index contributed by atoms with van der Waals surface area (Å²) >= 11 is 52.7. The number of halogens is 9. The van der Waals surface area contributed by atoms with Gasteiger partial charge in [0.05, 0.1) is 0 Å². The molecule has 0 aliphatic carbocycles. The summed E-state index contributed by atoms with van der Waals surface area (Å²) in [7, 11) is -1.20. The number of rotatable bonds is 1. The lowest BCUT2D eigenvalue weighted by Crippen LogP contribution is -2.60. The van der Waals surface area contributed by atoms with Gasteiger partial charge in [0, 0.05) is 0 Å². The second-order valence-corrected chi connectivity index (χ2v) is 12.4. The third kappa shape index (κ3) is 3.38. The average molecular weight is 428 g/mol. The van der Waals surface area contributed by atoms with Crippen LogP contribution in [0.5, 0.6) is 0 Å². The highest BCUT2D eigenvalue weighted by molar-refractivity contribution is 7.59. The van der Waals surface area contributed by atoms with Crippen LogP contribution >= 0.6 is 112 Å². The molecule has 0 saturated carbocycles.